The van der Waals surface area contributed by atoms with E-state index in [1.54, 1.807) is 0 Å². The molecule has 1 saturated heterocycles. The molecule has 90 valence electrons. The fraction of sp³-hybridized carbons (Fsp3) is 1.00. The Morgan fingerprint density at radius 1 is 1.53 bits per heavy atom. The van der Waals surface area contributed by atoms with E-state index in [9.17, 15) is 4.39 Å². The summed E-state index contributed by atoms with van der Waals surface area (Å²) in [5.41, 5.74) is 0.167. The lowest BCUT2D eigenvalue weighted by Crippen LogP contribution is -2.64. The van der Waals surface area contributed by atoms with Crippen molar-refractivity contribution in [1.29, 1.82) is 0 Å². The minimum absolute atomic E-state index is 0.167. The molecule has 0 amide bonds. The largest absolute Gasteiger partial charge is 0.309 e. The lowest BCUT2D eigenvalue weighted by molar-refractivity contribution is 0.0555. The second-order valence-corrected chi connectivity index (χ2v) is 5.27. The van der Waals surface area contributed by atoms with Gasteiger partial charge in [-0.15, -0.1) is 0 Å². The van der Waals surface area contributed by atoms with Crippen LogP contribution in [0.3, 0.4) is 0 Å². The second-order valence-electron chi connectivity index (χ2n) is 5.27. The Morgan fingerprint density at radius 3 is 2.67 bits per heavy atom. The smallest absolute Gasteiger partial charge is 0.102 e. The van der Waals surface area contributed by atoms with E-state index in [1.165, 1.54) is 0 Å². The van der Waals surface area contributed by atoms with E-state index in [-0.39, 0.29) is 12.2 Å². The summed E-state index contributed by atoms with van der Waals surface area (Å²) in [5.74, 6) is 0.588. The van der Waals surface area contributed by atoms with Crippen LogP contribution in [0.4, 0.5) is 4.39 Å². The minimum Gasteiger partial charge on any atom is -0.309 e. The number of hydrogen-bond acceptors (Lipinski definition) is 2. The molecular formula is C12H25FN2. The van der Waals surface area contributed by atoms with E-state index in [4.69, 9.17) is 0 Å². The zero-order valence-corrected chi connectivity index (χ0v) is 10.5. The number of piperazine rings is 1. The topological polar surface area (TPSA) is 15.3 Å². The Hall–Kier alpha value is -0.150. The van der Waals surface area contributed by atoms with E-state index in [0.717, 1.165) is 19.5 Å². The van der Waals surface area contributed by atoms with Crippen LogP contribution in [0.1, 0.15) is 34.1 Å². The molecule has 3 heteroatoms. The molecule has 0 aromatic carbocycles. The lowest BCUT2D eigenvalue weighted by Gasteiger charge is -2.47. The summed E-state index contributed by atoms with van der Waals surface area (Å²) < 4.78 is 12.5. The van der Waals surface area contributed by atoms with Crippen molar-refractivity contribution in [2.24, 2.45) is 5.92 Å². The Morgan fingerprint density at radius 2 is 2.20 bits per heavy atom. The van der Waals surface area contributed by atoms with Crippen molar-refractivity contribution in [3.63, 3.8) is 0 Å². The first-order chi connectivity index (χ1) is 7.02. The van der Waals surface area contributed by atoms with E-state index in [0.29, 0.717) is 18.5 Å². The maximum Gasteiger partial charge on any atom is 0.102 e. The van der Waals surface area contributed by atoms with Gasteiger partial charge in [-0.1, -0.05) is 20.8 Å². The molecule has 1 fully saturated rings. The molecule has 0 bridgehead atoms. The van der Waals surface area contributed by atoms with Gasteiger partial charge in [0.25, 0.3) is 0 Å². The third-order valence-corrected chi connectivity index (χ3v) is 3.68. The highest BCUT2D eigenvalue weighted by molar-refractivity contribution is 4.95. The summed E-state index contributed by atoms with van der Waals surface area (Å²) in [4.78, 5) is 2.31. The van der Waals surface area contributed by atoms with Crippen molar-refractivity contribution in [2.45, 2.75) is 45.7 Å². The molecule has 0 radical (unpaired) electrons. The van der Waals surface area contributed by atoms with E-state index >= 15 is 0 Å². The first-order valence-electron chi connectivity index (χ1n) is 6.07. The van der Waals surface area contributed by atoms with Crippen LogP contribution in [0.15, 0.2) is 0 Å². The summed E-state index contributed by atoms with van der Waals surface area (Å²) in [6, 6.07) is 0.486. The maximum absolute atomic E-state index is 12.5. The lowest BCUT2D eigenvalue weighted by atomic mass is 9.90. The highest BCUT2D eigenvalue weighted by Gasteiger charge is 2.35. The van der Waals surface area contributed by atoms with Gasteiger partial charge in [-0.05, 0) is 19.3 Å². The Kier molecular flexibility index (Phi) is 4.53. The van der Waals surface area contributed by atoms with Gasteiger partial charge in [-0.3, -0.25) is 4.90 Å². The van der Waals surface area contributed by atoms with E-state index in [1.807, 2.05) is 0 Å². The highest BCUT2D eigenvalue weighted by atomic mass is 19.1. The van der Waals surface area contributed by atoms with Gasteiger partial charge in [0, 0.05) is 31.2 Å². The van der Waals surface area contributed by atoms with Gasteiger partial charge < -0.3 is 5.32 Å². The van der Waals surface area contributed by atoms with Crippen LogP contribution in [-0.2, 0) is 0 Å². The fourth-order valence-electron chi connectivity index (χ4n) is 2.35. The zero-order valence-electron chi connectivity index (χ0n) is 10.5. The number of alkyl halides is 1. The molecule has 15 heavy (non-hydrogen) atoms. The van der Waals surface area contributed by atoms with Crippen LogP contribution in [0.2, 0.25) is 0 Å². The molecule has 1 N–H and O–H groups in total. The monoisotopic (exact) mass is 216 g/mol. The van der Waals surface area contributed by atoms with Crippen LogP contribution in [-0.4, -0.2) is 42.8 Å². The van der Waals surface area contributed by atoms with Crippen molar-refractivity contribution >= 4 is 0 Å². The molecule has 0 saturated carbocycles. The van der Waals surface area contributed by atoms with Crippen LogP contribution in [0.5, 0.6) is 0 Å². The third-order valence-electron chi connectivity index (χ3n) is 3.68. The summed E-state index contributed by atoms with van der Waals surface area (Å²) in [6.07, 6.45) is 1.10. The number of hydrogen-bond donors (Lipinski definition) is 1. The molecule has 2 nitrogen and oxygen atoms in total. The zero-order chi connectivity index (χ0) is 11.5. The highest BCUT2D eigenvalue weighted by Crippen LogP contribution is 2.22. The minimum atomic E-state index is -0.233. The number of nitrogens with one attached hydrogen (secondary N) is 1. The van der Waals surface area contributed by atoms with Gasteiger partial charge in [0.15, 0.2) is 0 Å². The molecule has 1 rings (SSSR count). The first-order valence-corrected chi connectivity index (χ1v) is 6.07. The summed E-state index contributed by atoms with van der Waals surface area (Å²) in [5, 5.41) is 3.60. The third kappa shape index (κ3) is 3.15. The van der Waals surface area contributed by atoms with Crippen LogP contribution in [0.25, 0.3) is 0 Å². The van der Waals surface area contributed by atoms with Crippen LogP contribution < -0.4 is 5.32 Å². The molecule has 0 aliphatic carbocycles. The Bertz CT molecular complexity index is 196. The second kappa shape index (κ2) is 5.26. The molecule has 0 aromatic rings. The average molecular weight is 216 g/mol. The van der Waals surface area contributed by atoms with E-state index < -0.39 is 0 Å². The summed E-state index contributed by atoms with van der Waals surface area (Å²) >= 11 is 0. The fourth-order valence-corrected chi connectivity index (χ4v) is 2.35. The van der Waals surface area contributed by atoms with Crippen molar-refractivity contribution < 1.29 is 4.39 Å². The normalized spacial score (nSPS) is 33.6. The standard InChI is InChI=1S/C12H25FN2/c1-5-12(4)9-15(7-6-13)11(8-14-12)10(2)3/h10-11,14H,5-9H2,1-4H3. The van der Waals surface area contributed by atoms with Gasteiger partial charge in [-0.25, -0.2) is 4.39 Å². The Labute approximate surface area is 93.2 Å². The first kappa shape index (κ1) is 12.9. The average Bonchev–Trinajstić information content (AvgIpc) is 2.18. The molecule has 0 aromatic heterocycles. The molecule has 2 unspecified atom stereocenters. The van der Waals surface area contributed by atoms with Crippen molar-refractivity contribution in [3.8, 4) is 0 Å². The predicted molar refractivity (Wildman–Crippen MR) is 62.9 cm³/mol. The van der Waals surface area contributed by atoms with Gasteiger partial charge >= 0.3 is 0 Å². The van der Waals surface area contributed by atoms with E-state index in [2.05, 4.69) is 37.9 Å². The Balaban J connectivity index is 2.64. The molecule has 1 aliphatic rings. The van der Waals surface area contributed by atoms with Crippen LogP contribution in [0, 0.1) is 5.92 Å². The molecular weight excluding hydrogens is 191 g/mol. The SMILES string of the molecule is CCC1(C)CN(CCF)C(C(C)C)CN1. The van der Waals surface area contributed by atoms with Crippen molar-refractivity contribution in [1.82, 2.24) is 10.2 Å². The quantitative estimate of drug-likeness (QED) is 0.774. The van der Waals surface area contributed by atoms with Crippen molar-refractivity contribution in [3.05, 3.63) is 0 Å². The molecule has 2 atom stereocenters. The molecule has 1 heterocycles. The summed E-state index contributed by atoms with van der Waals surface area (Å²) in [6.45, 7) is 11.2. The van der Waals surface area contributed by atoms with Crippen molar-refractivity contribution in [2.75, 3.05) is 26.3 Å². The molecule has 0 spiro atoms. The van der Waals surface area contributed by atoms with Gasteiger partial charge in [0.1, 0.15) is 6.67 Å². The number of nitrogens with zero attached hydrogens (tertiary/aromatic N) is 1. The van der Waals surface area contributed by atoms with Gasteiger partial charge in [0.2, 0.25) is 0 Å². The van der Waals surface area contributed by atoms with Crippen LogP contribution >= 0.6 is 0 Å². The molecule has 1 aliphatic heterocycles. The van der Waals surface area contributed by atoms with Gasteiger partial charge in [0.05, 0.1) is 0 Å². The maximum atomic E-state index is 12.5. The van der Waals surface area contributed by atoms with Gasteiger partial charge in [-0.2, -0.15) is 0 Å². The number of halogens is 1. The summed E-state index contributed by atoms with van der Waals surface area (Å²) in [7, 11) is 0. The number of rotatable bonds is 4. The predicted octanol–water partition coefficient (Wildman–Crippen LogP) is 2.05.